The third-order valence-electron chi connectivity index (χ3n) is 7.17. The highest BCUT2D eigenvalue weighted by Gasteiger charge is 2.36. The predicted molar refractivity (Wildman–Crippen MR) is 178 cm³/mol. The summed E-state index contributed by atoms with van der Waals surface area (Å²) in [5.41, 5.74) is 2.34. The van der Waals surface area contributed by atoms with Gasteiger partial charge in [0.2, 0.25) is 11.8 Å². The Morgan fingerprint density at radius 1 is 0.822 bits per heavy atom. The van der Waals surface area contributed by atoms with E-state index in [-0.39, 0.29) is 29.5 Å². The Balaban J connectivity index is 1.84. The monoisotopic (exact) mass is 627 g/mol. The van der Waals surface area contributed by atoms with E-state index in [0.29, 0.717) is 5.75 Å². The number of carbonyl (C=O) groups is 2. The number of benzene rings is 4. The van der Waals surface area contributed by atoms with Crippen LogP contribution in [0.5, 0.6) is 5.75 Å². The molecule has 2 amide bonds. The molecular weight excluding hydrogens is 586 g/mol. The van der Waals surface area contributed by atoms with Crippen LogP contribution in [-0.4, -0.2) is 50.4 Å². The van der Waals surface area contributed by atoms with Crippen molar-refractivity contribution in [2.24, 2.45) is 0 Å². The molecule has 0 aliphatic carbocycles. The molecule has 0 unspecified atom stereocenters. The highest BCUT2D eigenvalue weighted by Crippen LogP contribution is 2.32. The number of hydrogen-bond donors (Lipinski definition) is 1. The van der Waals surface area contributed by atoms with E-state index < -0.39 is 34.1 Å². The molecule has 4 rings (SSSR count). The summed E-state index contributed by atoms with van der Waals surface area (Å²) in [6.07, 6.45) is 0.237. The minimum Gasteiger partial charge on any atom is -0.495 e. The van der Waals surface area contributed by atoms with Gasteiger partial charge in [0.1, 0.15) is 18.3 Å². The Hall–Kier alpha value is -4.63. The number of anilines is 1. The van der Waals surface area contributed by atoms with Gasteiger partial charge in [-0.05, 0) is 63.1 Å². The Kier molecular flexibility index (Phi) is 10.7. The normalized spacial score (nSPS) is 12.2. The number of nitrogens with zero attached hydrogens (tertiary/aromatic N) is 2. The molecule has 4 aromatic rings. The number of amides is 2. The van der Waals surface area contributed by atoms with Crippen LogP contribution in [0.1, 0.15) is 37.5 Å². The second-order valence-corrected chi connectivity index (χ2v) is 13.8. The third kappa shape index (κ3) is 8.73. The quantitative estimate of drug-likeness (QED) is 0.216. The van der Waals surface area contributed by atoms with E-state index in [9.17, 15) is 18.0 Å². The molecule has 236 valence electrons. The van der Waals surface area contributed by atoms with Gasteiger partial charge in [-0.15, -0.1) is 0 Å². The van der Waals surface area contributed by atoms with E-state index >= 15 is 0 Å². The first-order valence-electron chi connectivity index (χ1n) is 14.8. The molecule has 45 heavy (non-hydrogen) atoms. The SMILES string of the molecule is COc1ccccc1N(CC(=O)N(Cc1cccc(C)c1)[C@@H](Cc1ccccc1)C(=O)NC(C)(C)C)S(=O)(=O)c1ccccc1. The van der Waals surface area contributed by atoms with Crippen molar-refractivity contribution in [3.8, 4) is 5.75 Å². The van der Waals surface area contributed by atoms with Crippen LogP contribution in [0.3, 0.4) is 0 Å². The van der Waals surface area contributed by atoms with Crippen LogP contribution in [-0.2, 0) is 32.6 Å². The van der Waals surface area contributed by atoms with Gasteiger partial charge in [-0.1, -0.05) is 90.5 Å². The lowest BCUT2D eigenvalue weighted by Crippen LogP contribution is -2.56. The predicted octanol–water partition coefficient (Wildman–Crippen LogP) is 5.75. The fraction of sp³-hybridized carbons (Fsp3) is 0.278. The molecule has 0 fully saturated rings. The van der Waals surface area contributed by atoms with Crippen LogP contribution in [0.2, 0.25) is 0 Å². The van der Waals surface area contributed by atoms with Crippen molar-refractivity contribution >= 4 is 27.5 Å². The summed E-state index contributed by atoms with van der Waals surface area (Å²) in [4.78, 5) is 30.1. The Bertz CT molecular complexity index is 1700. The van der Waals surface area contributed by atoms with Gasteiger partial charge in [-0.25, -0.2) is 8.42 Å². The van der Waals surface area contributed by atoms with Crippen LogP contribution in [0.4, 0.5) is 5.69 Å². The van der Waals surface area contributed by atoms with Crippen molar-refractivity contribution in [1.29, 1.82) is 0 Å². The van der Waals surface area contributed by atoms with Gasteiger partial charge < -0.3 is 15.0 Å². The lowest BCUT2D eigenvalue weighted by molar-refractivity contribution is -0.140. The molecule has 8 nitrogen and oxygen atoms in total. The summed E-state index contributed by atoms with van der Waals surface area (Å²) in [7, 11) is -2.77. The van der Waals surface area contributed by atoms with Crippen molar-refractivity contribution in [2.45, 2.75) is 57.1 Å². The molecule has 0 bridgehead atoms. The molecule has 1 atom stereocenters. The molecular formula is C36H41N3O5S. The highest BCUT2D eigenvalue weighted by molar-refractivity contribution is 7.92. The molecule has 0 heterocycles. The first-order valence-corrected chi connectivity index (χ1v) is 16.2. The number of methoxy groups -OCH3 is 1. The van der Waals surface area contributed by atoms with Gasteiger partial charge in [0.15, 0.2) is 0 Å². The van der Waals surface area contributed by atoms with Crippen molar-refractivity contribution in [3.05, 3.63) is 126 Å². The second kappa shape index (κ2) is 14.4. The van der Waals surface area contributed by atoms with Gasteiger partial charge in [-0.3, -0.25) is 13.9 Å². The summed E-state index contributed by atoms with van der Waals surface area (Å²) in [6, 6.07) is 30.9. The summed E-state index contributed by atoms with van der Waals surface area (Å²) in [6.45, 7) is 7.14. The molecule has 0 saturated carbocycles. The van der Waals surface area contributed by atoms with Gasteiger partial charge >= 0.3 is 0 Å². The number of hydrogen-bond acceptors (Lipinski definition) is 5. The van der Waals surface area contributed by atoms with Crippen LogP contribution < -0.4 is 14.4 Å². The third-order valence-corrected chi connectivity index (χ3v) is 8.94. The summed E-state index contributed by atoms with van der Waals surface area (Å²) < 4.78 is 34.9. The number of para-hydroxylation sites is 2. The van der Waals surface area contributed by atoms with Crippen LogP contribution >= 0.6 is 0 Å². The number of aryl methyl sites for hydroxylation is 1. The molecule has 0 saturated heterocycles. The maximum atomic E-state index is 14.6. The van der Waals surface area contributed by atoms with Crippen LogP contribution in [0, 0.1) is 6.92 Å². The first-order chi connectivity index (χ1) is 21.4. The second-order valence-electron chi connectivity index (χ2n) is 12.0. The average molecular weight is 628 g/mol. The van der Waals surface area contributed by atoms with E-state index in [0.717, 1.165) is 21.0 Å². The smallest absolute Gasteiger partial charge is 0.264 e. The van der Waals surface area contributed by atoms with Crippen molar-refractivity contribution in [1.82, 2.24) is 10.2 Å². The van der Waals surface area contributed by atoms with E-state index in [1.807, 2.05) is 82.3 Å². The first kappa shape index (κ1) is 33.3. The zero-order valence-electron chi connectivity index (χ0n) is 26.4. The van der Waals surface area contributed by atoms with Gasteiger partial charge in [0, 0.05) is 18.5 Å². The van der Waals surface area contributed by atoms with Crippen molar-refractivity contribution in [2.75, 3.05) is 18.0 Å². The lowest BCUT2D eigenvalue weighted by atomic mass is 10.0. The summed E-state index contributed by atoms with van der Waals surface area (Å²) in [5, 5.41) is 3.05. The molecule has 0 aliphatic heterocycles. The number of ether oxygens (including phenoxy) is 1. The fourth-order valence-electron chi connectivity index (χ4n) is 5.08. The van der Waals surface area contributed by atoms with Gasteiger partial charge in [0.25, 0.3) is 10.0 Å². The maximum Gasteiger partial charge on any atom is 0.264 e. The fourth-order valence-corrected chi connectivity index (χ4v) is 6.53. The molecule has 0 aliphatic rings. The van der Waals surface area contributed by atoms with Crippen LogP contribution in [0.25, 0.3) is 0 Å². The molecule has 0 radical (unpaired) electrons. The highest BCUT2D eigenvalue weighted by atomic mass is 32.2. The Morgan fingerprint density at radius 2 is 1.42 bits per heavy atom. The zero-order valence-corrected chi connectivity index (χ0v) is 27.3. The molecule has 4 aromatic carbocycles. The Morgan fingerprint density at radius 3 is 2.04 bits per heavy atom. The van der Waals surface area contributed by atoms with Crippen molar-refractivity contribution in [3.63, 3.8) is 0 Å². The summed E-state index contributed by atoms with van der Waals surface area (Å²) >= 11 is 0. The molecule has 9 heteroatoms. The standard InChI is InChI=1S/C36H41N3O5S/c1-27-15-14-18-29(23-27)25-38(32(35(41)37-36(2,3)4)24-28-16-8-6-9-17-28)34(40)26-39(31-21-12-13-22-33(31)44-5)45(42,43)30-19-10-7-11-20-30/h6-23,32H,24-26H2,1-5H3,(H,37,41)/t32-/m0/s1. The number of sulfonamides is 1. The summed E-state index contributed by atoms with van der Waals surface area (Å²) in [5.74, 6) is -0.574. The van der Waals surface area contributed by atoms with E-state index in [1.54, 1.807) is 42.5 Å². The van der Waals surface area contributed by atoms with Gasteiger partial charge in [-0.2, -0.15) is 0 Å². The topological polar surface area (TPSA) is 96.0 Å². The zero-order chi connectivity index (χ0) is 32.6. The molecule has 1 N–H and O–H groups in total. The van der Waals surface area contributed by atoms with Crippen LogP contribution in [0.15, 0.2) is 114 Å². The Labute approximate surface area is 266 Å². The number of nitrogens with one attached hydrogen (secondary N) is 1. The van der Waals surface area contributed by atoms with E-state index in [2.05, 4.69) is 5.32 Å². The minimum atomic E-state index is -4.22. The largest absolute Gasteiger partial charge is 0.495 e. The number of carbonyl (C=O) groups excluding carboxylic acids is 2. The minimum absolute atomic E-state index is 0.0280. The lowest BCUT2D eigenvalue weighted by Gasteiger charge is -2.35. The van der Waals surface area contributed by atoms with Crippen molar-refractivity contribution < 1.29 is 22.7 Å². The molecule has 0 spiro atoms. The molecule has 0 aromatic heterocycles. The maximum absolute atomic E-state index is 14.6. The average Bonchev–Trinajstić information content (AvgIpc) is 3.01. The number of rotatable bonds is 12. The van der Waals surface area contributed by atoms with E-state index in [4.69, 9.17) is 4.74 Å². The van der Waals surface area contributed by atoms with E-state index in [1.165, 1.54) is 24.1 Å². The van der Waals surface area contributed by atoms with Gasteiger partial charge in [0.05, 0.1) is 17.7 Å².